The van der Waals surface area contributed by atoms with Gasteiger partial charge in [-0.2, -0.15) is 0 Å². The van der Waals surface area contributed by atoms with Crippen LogP contribution in [0.3, 0.4) is 0 Å². The fourth-order valence-electron chi connectivity index (χ4n) is 1.93. The van der Waals surface area contributed by atoms with Gasteiger partial charge in [-0.1, -0.05) is 0 Å². The quantitative estimate of drug-likeness (QED) is 0.869. The van der Waals surface area contributed by atoms with E-state index in [-0.39, 0.29) is 11.3 Å². The highest BCUT2D eigenvalue weighted by molar-refractivity contribution is 9.10. The van der Waals surface area contributed by atoms with E-state index in [4.69, 9.17) is 10.5 Å². The van der Waals surface area contributed by atoms with Crippen molar-refractivity contribution >= 4 is 15.9 Å². The van der Waals surface area contributed by atoms with Crippen LogP contribution in [-0.2, 0) is 5.54 Å². The van der Waals surface area contributed by atoms with Crippen molar-refractivity contribution in [1.29, 1.82) is 0 Å². The lowest BCUT2D eigenvalue weighted by Crippen LogP contribution is -2.21. The number of phenolic OH excluding ortho intramolecular Hbond substituents is 1. The molecular weight excluding hydrogens is 258 g/mol. The van der Waals surface area contributed by atoms with Crippen molar-refractivity contribution in [2.24, 2.45) is 5.73 Å². The van der Waals surface area contributed by atoms with Crippen LogP contribution in [0.4, 0.5) is 0 Å². The number of methoxy groups -OCH3 is 1. The Morgan fingerprint density at radius 2 is 2.13 bits per heavy atom. The summed E-state index contributed by atoms with van der Waals surface area (Å²) in [6.07, 6.45) is 1.97. The van der Waals surface area contributed by atoms with Crippen LogP contribution in [0.25, 0.3) is 0 Å². The molecule has 0 saturated heterocycles. The zero-order chi connectivity index (χ0) is 11.2. The maximum absolute atomic E-state index is 9.69. The minimum atomic E-state index is -0.232. The fraction of sp³-hybridized carbons (Fsp3) is 0.455. The van der Waals surface area contributed by atoms with Crippen LogP contribution in [0.2, 0.25) is 0 Å². The molecule has 1 aromatic carbocycles. The van der Waals surface area contributed by atoms with Crippen molar-refractivity contribution in [1.82, 2.24) is 0 Å². The van der Waals surface area contributed by atoms with Gasteiger partial charge in [0.1, 0.15) is 0 Å². The summed E-state index contributed by atoms with van der Waals surface area (Å²) in [7, 11) is 1.54. The van der Waals surface area contributed by atoms with Gasteiger partial charge in [0.05, 0.1) is 11.6 Å². The van der Waals surface area contributed by atoms with Gasteiger partial charge in [0, 0.05) is 5.54 Å². The zero-order valence-corrected chi connectivity index (χ0v) is 10.4. The van der Waals surface area contributed by atoms with Crippen LogP contribution in [0.15, 0.2) is 10.5 Å². The first-order valence-electron chi connectivity index (χ1n) is 4.85. The molecule has 0 bridgehead atoms. The molecule has 0 heterocycles. The number of nitrogens with two attached hydrogens (primary N) is 1. The summed E-state index contributed by atoms with van der Waals surface area (Å²) in [5, 5.41) is 9.69. The van der Waals surface area contributed by atoms with Gasteiger partial charge in [-0.25, -0.2) is 0 Å². The molecule has 2 rings (SSSR count). The van der Waals surface area contributed by atoms with Gasteiger partial charge >= 0.3 is 0 Å². The predicted molar refractivity (Wildman–Crippen MR) is 62.2 cm³/mol. The summed E-state index contributed by atoms with van der Waals surface area (Å²) in [6.45, 7) is 1.95. The Morgan fingerprint density at radius 3 is 2.60 bits per heavy atom. The van der Waals surface area contributed by atoms with Crippen LogP contribution in [-0.4, -0.2) is 12.2 Å². The van der Waals surface area contributed by atoms with Gasteiger partial charge in [-0.3, -0.25) is 0 Å². The lowest BCUT2D eigenvalue weighted by molar-refractivity contribution is 0.369. The average molecular weight is 272 g/mol. The molecule has 0 unspecified atom stereocenters. The number of benzene rings is 1. The summed E-state index contributed by atoms with van der Waals surface area (Å²) >= 11 is 3.45. The lowest BCUT2D eigenvalue weighted by Gasteiger charge is -2.18. The number of ether oxygens (including phenoxy) is 1. The lowest BCUT2D eigenvalue weighted by atomic mass is 9.99. The smallest absolute Gasteiger partial charge is 0.175 e. The highest BCUT2D eigenvalue weighted by atomic mass is 79.9. The molecule has 0 atom stereocenters. The second-order valence-corrected chi connectivity index (χ2v) is 4.88. The summed E-state index contributed by atoms with van der Waals surface area (Å²) in [4.78, 5) is 0. The molecule has 1 saturated carbocycles. The molecule has 4 heteroatoms. The van der Waals surface area contributed by atoms with E-state index in [2.05, 4.69) is 15.9 Å². The normalized spacial score (nSPS) is 17.6. The van der Waals surface area contributed by atoms with E-state index in [1.807, 2.05) is 6.92 Å². The molecule has 15 heavy (non-hydrogen) atoms. The summed E-state index contributed by atoms with van der Waals surface area (Å²) in [5.41, 5.74) is 8.00. The van der Waals surface area contributed by atoms with Crippen LogP contribution in [0.5, 0.6) is 11.5 Å². The van der Waals surface area contributed by atoms with Crippen molar-refractivity contribution in [3.8, 4) is 11.5 Å². The Kier molecular flexibility index (Phi) is 2.43. The van der Waals surface area contributed by atoms with Gasteiger partial charge in [0.15, 0.2) is 11.5 Å². The van der Waals surface area contributed by atoms with Crippen molar-refractivity contribution in [3.05, 3.63) is 21.7 Å². The van der Waals surface area contributed by atoms with Gasteiger partial charge in [0.25, 0.3) is 0 Å². The molecule has 0 spiro atoms. The van der Waals surface area contributed by atoms with Gasteiger partial charge < -0.3 is 15.6 Å². The molecule has 1 fully saturated rings. The first-order chi connectivity index (χ1) is 6.99. The minimum Gasteiger partial charge on any atom is -0.504 e. The molecule has 3 nitrogen and oxygen atoms in total. The Bertz CT molecular complexity index is 414. The second kappa shape index (κ2) is 3.39. The largest absolute Gasteiger partial charge is 0.504 e. The SMILES string of the molecule is COc1c(O)cc(C)c(C2(N)CC2)c1Br. The second-order valence-electron chi connectivity index (χ2n) is 4.09. The number of aryl methyl sites for hydroxylation is 1. The molecule has 0 aliphatic heterocycles. The van der Waals surface area contributed by atoms with E-state index < -0.39 is 0 Å². The van der Waals surface area contributed by atoms with Crippen molar-refractivity contribution in [3.63, 3.8) is 0 Å². The zero-order valence-electron chi connectivity index (χ0n) is 8.80. The fourth-order valence-corrected chi connectivity index (χ4v) is 3.00. The topological polar surface area (TPSA) is 55.5 Å². The highest BCUT2D eigenvalue weighted by Gasteiger charge is 2.43. The highest BCUT2D eigenvalue weighted by Crippen LogP contribution is 2.51. The van der Waals surface area contributed by atoms with Gasteiger partial charge in [-0.05, 0) is 52.9 Å². The van der Waals surface area contributed by atoms with Crippen LogP contribution in [0.1, 0.15) is 24.0 Å². The van der Waals surface area contributed by atoms with Gasteiger partial charge in [0.2, 0.25) is 0 Å². The van der Waals surface area contributed by atoms with Crippen molar-refractivity contribution in [2.45, 2.75) is 25.3 Å². The maximum Gasteiger partial charge on any atom is 0.175 e. The summed E-state index contributed by atoms with van der Waals surface area (Å²) in [5.74, 6) is 0.613. The Balaban J connectivity index is 2.64. The van der Waals surface area contributed by atoms with Gasteiger partial charge in [-0.15, -0.1) is 0 Å². The molecule has 1 aliphatic carbocycles. The van der Waals surface area contributed by atoms with E-state index >= 15 is 0 Å². The molecule has 1 aromatic rings. The number of hydrogen-bond acceptors (Lipinski definition) is 3. The van der Waals surface area contributed by atoms with E-state index in [1.165, 1.54) is 7.11 Å². The van der Waals surface area contributed by atoms with E-state index in [9.17, 15) is 5.11 Å². The standard InChI is InChI=1S/C11H14BrNO2/c1-6-5-7(14)10(15-2)9(12)8(6)11(13)3-4-11/h5,14H,3-4,13H2,1-2H3. The van der Waals surface area contributed by atoms with E-state index in [0.717, 1.165) is 28.4 Å². The van der Waals surface area contributed by atoms with Crippen molar-refractivity contribution < 1.29 is 9.84 Å². The predicted octanol–water partition coefficient (Wildman–Crippen LogP) is 2.42. The summed E-state index contributed by atoms with van der Waals surface area (Å²) in [6, 6.07) is 1.70. The van der Waals surface area contributed by atoms with E-state index in [0.29, 0.717) is 5.75 Å². The first-order valence-corrected chi connectivity index (χ1v) is 5.64. The third kappa shape index (κ3) is 1.62. The Morgan fingerprint density at radius 1 is 1.53 bits per heavy atom. The number of rotatable bonds is 2. The third-order valence-electron chi connectivity index (χ3n) is 2.89. The molecule has 3 N–H and O–H groups in total. The molecule has 0 aromatic heterocycles. The molecular formula is C11H14BrNO2. The number of phenols is 1. The average Bonchev–Trinajstić information content (AvgIpc) is 2.83. The monoisotopic (exact) mass is 271 g/mol. The molecule has 1 aliphatic rings. The number of aromatic hydroxyl groups is 1. The molecule has 0 radical (unpaired) electrons. The summed E-state index contributed by atoms with van der Waals surface area (Å²) < 4.78 is 5.92. The van der Waals surface area contributed by atoms with Crippen LogP contribution >= 0.6 is 15.9 Å². The molecule has 82 valence electrons. The molecule has 0 amide bonds. The van der Waals surface area contributed by atoms with Crippen LogP contribution < -0.4 is 10.5 Å². The van der Waals surface area contributed by atoms with Crippen molar-refractivity contribution in [2.75, 3.05) is 7.11 Å². The maximum atomic E-state index is 9.69. The van der Waals surface area contributed by atoms with E-state index in [1.54, 1.807) is 6.07 Å². The number of halogens is 1. The van der Waals surface area contributed by atoms with Crippen LogP contribution in [0, 0.1) is 6.92 Å². The minimum absolute atomic E-state index is 0.148. The Labute approximate surface area is 97.4 Å². The first kappa shape index (κ1) is 10.8. The number of hydrogen-bond donors (Lipinski definition) is 2. The Hall–Kier alpha value is -0.740. The third-order valence-corrected chi connectivity index (χ3v) is 3.65.